The van der Waals surface area contributed by atoms with E-state index in [-0.39, 0.29) is 5.04 Å². The minimum absolute atomic E-state index is 0.0329. The van der Waals surface area contributed by atoms with E-state index >= 15 is 0 Å². The molecule has 26 heavy (non-hydrogen) atoms. The Bertz CT molecular complexity index is 476. The number of rotatable bonds is 12. The van der Waals surface area contributed by atoms with Gasteiger partial charge in [-0.25, -0.2) is 9.59 Å². The Morgan fingerprint density at radius 3 is 1.88 bits per heavy atom. The minimum atomic E-state index is -2.55. The third kappa shape index (κ3) is 5.97. The summed E-state index contributed by atoms with van der Waals surface area (Å²) in [4.78, 5) is 23.4. The molecule has 0 aromatic heterocycles. The molecule has 0 fully saturated rings. The molecular formula is C21H40O4Si. The monoisotopic (exact) mass is 384 g/mol. The van der Waals surface area contributed by atoms with Crippen LogP contribution in [0, 0.1) is 5.92 Å². The fourth-order valence-corrected chi connectivity index (χ4v) is 10.9. The average molecular weight is 385 g/mol. The molecule has 3 atom stereocenters. The average Bonchev–Trinajstić information content (AvgIpc) is 2.60. The van der Waals surface area contributed by atoms with E-state index in [2.05, 4.69) is 55.4 Å². The summed E-state index contributed by atoms with van der Waals surface area (Å²) in [6.45, 7) is 17.7. The van der Waals surface area contributed by atoms with Gasteiger partial charge in [-0.3, -0.25) is 0 Å². The van der Waals surface area contributed by atoms with E-state index in [4.69, 9.17) is 9.53 Å². The SMILES string of the molecule is CCC(C)[Si](OC(=O)/C=C\C(=O)O)(C(C)CC)C(C)(CC)CCC(C)C. The van der Waals surface area contributed by atoms with E-state index in [9.17, 15) is 9.59 Å². The first-order valence-corrected chi connectivity index (χ1v) is 12.2. The fraction of sp³-hybridized carbons (Fsp3) is 0.810. The molecule has 0 saturated heterocycles. The number of carboxylic acid groups (broad SMARTS) is 1. The highest BCUT2D eigenvalue weighted by Gasteiger charge is 2.59. The van der Waals surface area contributed by atoms with E-state index in [0.717, 1.165) is 44.3 Å². The zero-order valence-corrected chi connectivity index (χ0v) is 19.1. The van der Waals surface area contributed by atoms with Crippen molar-refractivity contribution in [3.8, 4) is 0 Å². The van der Waals surface area contributed by atoms with Gasteiger partial charge in [-0.05, 0) is 34.9 Å². The van der Waals surface area contributed by atoms with Crippen molar-refractivity contribution in [1.82, 2.24) is 0 Å². The lowest BCUT2D eigenvalue weighted by atomic mass is 9.96. The van der Waals surface area contributed by atoms with Gasteiger partial charge in [0.05, 0.1) is 0 Å². The summed E-state index contributed by atoms with van der Waals surface area (Å²) in [6, 6.07) is 0. The molecule has 0 aliphatic carbocycles. The van der Waals surface area contributed by atoms with Gasteiger partial charge in [-0.1, -0.05) is 74.7 Å². The van der Waals surface area contributed by atoms with Gasteiger partial charge in [0, 0.05) is 12.2 Å². The van der Waals surface area contributed by atoms with Crippen LogP contribution in [0.3, 0.4) is 0 Å². The maximum absolute atomic E-state index is 12.6. The molecule has 0 rings (SSSR count). The molecule has 0 heterocycles. The third-order valence-electron chi connectivity index (χ3n) is 6.32. The van der Waals surface area contributed by atoms with Crippen LogP contribution < -0.4 is 0 Å². The van der Waals surface area contributed by atoms with Crippen LogP contribution >= 0.6 is 0 Å². The standard InChI is InChI=1S/C21H40O4Si/c1-9-17(6)26(18(7)10-2,25-20(24)13-12-19(22)23)21(8,11-3)15-14-16(4)5/h12-13,16-18H,9-11,14-15H2,1-8H3,(H,22,23)/b13-12-. The zero-order chi connectivity index (χ0) is 20.5. The number of carbonyl (C=O) groups is 2. The van der Waals surface area contributed by atoms with E-state index in [0.29, 0.717) is 17.0 Å². The highest BCUT2D eigenvalue weighted by molar-refractivity contribution is 6.80. The van der Waals surface area contributed by atoms with Crippen LogP contribution in [-0.4, -0.2) is 25.4 Å². The normalized spacial score (nSPS) is 19.0. The van der Waals surface area contributed by atoms with Crippen molar-refractivity contribution in [3.63, 3.8) is 0 Å². The lowest BCUT2D eigenvalue weighted by molar-refractivity contribution is -0.133. The van der Waals surface area contributed by atoms with Crippen molar-refractivity contribution in [3.05, 3.63) is 12.2 Å². The summed E-state index contributed by atoms with van der Waals surface area (Å²) >= 11 is 0. The van der Waals surface area contributed by atoms with Crippen molar-refractivity contribution in [2.75, 3.05) is 0 Å². The van der Waals surface area contributed by atoms with E-state index in [1.54, 1.807) is 0 Å². The van der Waals surface area contributed by atoms with Crippen LogP contribution in [0.2, 0.25) is 16.1 Å². The molecule has 0 saturated carbocycles. The van der Waals surface area contributed by atoms with Gasteiger partial charge < -0.3 is 9.53 Å². The van der Waals surface area contributed by atoms with Gasteiger partial charge in [0.2, 0.25) is 0 Å². The third-order valence-corrected chi connectivity index (χ3v) is 13.1. The van der Waals surface area contributed by atoms with Crippen LogP contribution in [-0.2, 0) is 14.0 Å². The van der Waals surface area contributed by atoms with Crippen LogP contribution in [0.5, 0.6) is 0 Å². The summed E-state index contributed by atoms with van der Waals surface area (Å²) in [5.74, 6) is -1.02. The van der Waals surface area contributed by atoms with Crippen molar-refractivity contribution >= 4 is 20.3 Å². The molecule has 0 radical (unpaired) electrons. The summed E-state index contributed by atoms with van der Waals surface area (Å²) in [5.41, 5.74) is 0.633. The predicted molar refractivity (Wildman–Crippen MR) is 111 cm³/mol. The van der Waals surface area contributed by atoms with Crippen molar-refractivity contribution < 1.29 is 19.1 Å². The van der Waals surface area contributed by atoms with E-state index in [1.807, 2.05) is 0 Å². The second-order valence-corrected chi connectivity index (χ2v) is 13.3. The molecule has 5 heteroatoms. The quantitative estimate of drug-likeness (QED) is 0.316. The zero-order valence-electron chi connectivity index (χ0n) is 18.1. The predicted octanol–water partition coefficient (Wildman–Crippen LogP) is 6.32. The Morgan fingerprint density at radius 2 is 1.54 bits per heavy atom. The first-order chi connectivity index (χ1) is 12.0. The number of hydrogen-bond donors (Lipinski definition) is 1. The molecule has 0 aliphatic rings. The molecule has 0 amide bonds. The Kier molecular flexibility index (Phi) is 10.4. The van der Waals surface area contributed by atoms with Gasteiger partial charge in [-0.2, -0.15) is 0 Å². The molecule has 0 aliphatic heterocycles. The van der Waals surface area contributed by atoms with Gasteiger partial charge >= 0.3 is 11.9 Å². The largest absolute Gasteiger partial charge is 0.515 e. The highest BCUT2D eigenvalue weighted by atomic mass is 28.4. The maximum atomic E-state index is 12.6. The molecule has 1 N–H and O–H groups in total. The molecule has 0 aromatic carbocycles. The minimum Gasteiger partial charge on any atom is -0.515 e. The molecule has 3 unspecified atom stereocenters. The van der Waals surface area contributed by atoms with Crippen LogP contribution in [0.1, 0.15) is 87.5 Å². The smallest absolute Gasteiger partial charge is 0.328 e. The molecule has 4 nitrogen and oxygen atoms in total. The Labute approximate surface area is 161 Å². The highest BCUT2D eigenvalue weighted by Crippen LogP contribution is 2.58. The number of aliphatic carboxylic acids is 1. The van der Waals surface area contributed by atoms with Gasteiger partial charge in [0.15, 0.2) is 0 Å². The maximum Gasteiger partial charge on any atom is 0.328 e. The Hall–Kier alpha value is -1.10. The van der Waals surface area contributed by atoms with Crippen molar-refractivity contribution in [1.29, 1.82) is 0 Å². The van der Waals surface area contributed by atoms with Crippen molar-refractivity contribution in [2.24, 2.45) is 5.92 Å². The summed E-state index contributed by atoms with van der Waals surface area (Å²) < 4.78 is 6.33. The molecule has 0 bridgehead atoms. The first-order valence-electron chi connectivity index (χ1n) is 10.1. The van der Waals surface area contributed by atoms with Crippen molar-refractivity contribution in [2.45, 2.75) is 104 Å². The van der Waals surface area contributed by atoms with Crippen LogP contribution in [0.15, 0.2) is 12.2 Å². The number of hydrogen-bond acceptors (Lipinski definition) is 3. The summed E-state index contributed by atoms with van der Waals surface area (Å²) in [6.07, 6.45) is 7.00. The molecule has 152 valence electrons. The molecule has 0 spiro atoms. The number of carbonyl (C=O) groups excluding carboxylic acids is 1. The second-order valence-electron chi connectivity index (χ2n) is 8.35. The van der Waals surface area contributed by atoms with Gasteiger partial charge in [0.1, 0.15) is 0 Å². The Balaban J connectivity index is 6.17. The molecule has 0 aromatic rings. The summed E-state index contributed by atoms with van der Waals surface area (Å²) in [5, 5.41) is 8.81. The van der Waals surface area contributed by atoms with E-state index < -0.39 is 20.3 Å². The fourth-order valence-electron chi connectivity index (χ4n) is 4.20. The van der Waals surface area contributed by atoms with E-state index in [1.165, 1.54) is 0 Å². The first kappa shape index (κ1) is 24.9. The topological polar surface area (TPSA) is 63.6 Å². The summed E-state index contributed by atoms with van der Waals surface area (Å²) in [7, 11) is -2.55. The lowest BCUT2D eigenvalue weighted by Gasteiger charge is -2.52. The van der Waals surface area contributed by atoms with Crippen LogP contribution in [0.4, 0.5) is 0 Å². The van der Waals surface area contributed by atoms with Crippen LogP contribution in [0.25, 0.3) is 0 Å². The second kappa shape index (κ2) is 10.9. The Morgan fingerprint density at radius 1 is 1.04 bits per heavy atom. The number of carboxylic acids is 1. The molecular weight excluding hydrogens is 344 g/mol. The van der Waals surface area contributed by atoms with Gasteiger partial charge in [0.25, 0.3) is 8.32 Å². The lowest BCUT2D eigenvalue weighted by Crippen LogP contribution is -2.56. The van der Waals surface area contributed by atoms with Gasteiger partial charge in [-0.15, -0.1) is 0 Å².